The summed E-state index contributed by atoms with van der Waals surface area (Å²) in [5.41, 5.74) is 1.17. The van der Waals surface area contributed by atoms with Gasteiger partial charge in [-0.1, -0.05) is 0 Å². The molecule has 4 rings (SSSR count). The molecular weight excluding hydrogens is 398 g/mol. The molecular formula is C22H37N5O2S. The van der Waals surface area contributed by atoms with Crippen molar-refractivity contribution in [1.82, 2.24) is 15.2 Å². The minimum atomic E-state index is 0.318. The first-order valence-electron chi connectivity index (χ1n) is 11.8. The average molecular weight is 436 g/mol. The summed E-state index contributed by atoms with van der Waals surface area (Å²) in [4.78, 5) is 14.5. The van der Waals surface area contributed by atoms with E-state index in [0.717, 1.165) is 84.1 Å². The number of thiazole rings is 1. The lowest BCUT2D eigenvalue weighted by molar-refractivity contribution is -0.0367. The molecule has 0 spiro atoms. The molecule has 1 aromatic rings. The van der Waals surface area contributed by atoms with Crippen LogP contribution in [-0.4, -0.2) is 80.5 Å². The largest absolute Gasteiger partial charge is 0.376 e. The molecule has 30 heavy (non-hydrogen) atoms. The molecule has 0 amide bonds. The minimum absolute atomic E-state index is 0.318. The van der Waals surface area contributed by atoms with Crippen LogP contribution in [0.5, 0.6) is 0 Å². The molecule has 1 aromatic heterocycles. The predicted molar refractivity (Wildman–Crippen MR) is 123 cm³/mol. The van der Waals surface area contributed by atoms with Crippen LogP contribution in [0.3, 0.4) is 0 Å². The minimum Gasteiger partial charge on any atom is -0.376 e. The van der Waals surface area contributed by atoms with Crippen LogP contribution in [0.2, 0.25) is 0 Å². The van der Waals surface area contributed by atoms with Crippen molar-refractivity contribution in [3.05, 3.63) is 11.1 Å². The van der Waals surface area contributed by atoms with Gasteiger partial charge in [0.25, 0.3) is 0 Å². The Morgan fingerprint density at radius 2 is 2.07 bits per heavy atom. The number of aliphatic imine (C=N–C) groups is 1. The molecule has 3 fully saturated rings. The van der Waals surface area contributed by atoms with E-state index >= 15 is 0 Å². The van der Waals surface area contributed by atoms with Crippen LogP contribution in [0.4, 0.5) is 5.13 Å². The van der Waals surface area contributed by atoms with Crippen LogP contribution >= 0.6 is 11.3 Å². The summed E-state index contributed by atoms with van der Waals surface area (Å²) in [5.74, 6) is 1.03. The second kappa shape index (κ2) is 11.3. The van der Waals surface area contributed by atoms with Crippen molar-refractivity contribution in [2.24, 2.45) is 4.99 Å². The lowest BCUT2D eigenvalue weighted by Gasteiger charge is -2.34. The van der Waals surface area contributed by atoms with Crippen molar-refractivity contribution in [1.29, 1.82) is 0 Å². The number of anilines is 1. The Balaban J connectivity index is 1.21. The molecule has 1 unspecified atom stereocenters. The van der Waals surface area contributed by atoms with Crippen molar-refractivity contribution < 1.29 is 9.47 Å². The SMILES string of the molecule is CCNC(=NCCc1csc(N2CCCC2)n1)N1CCC(OCC2CCCO2)CC1. The molecule has 8 heteroatoms. The Labute approximate surface area is 184 Å². The van der Waals surface area contributed by atoms with E-state index in [1.807, 2.05) is 0 Å². The maximum Gasteiger partial charge on any atom is 0.193 e. The first-order valence-corrected chi connectivity index (χ1v) is 12.7. The maximum absolute atomic E-state index is 6.12. The first-order chi connectivity index (χ1) is 14.8. The number of hydrogen-bond acceptors (Lipinski definition) is 6. The van der Waals surface area contributed by atoms with Crippen LogP contribution in [0.15, 0.2) is 10.4 Å². The van der Waals surface area contributed by atoms with Crippen molar-refractivity contribution in [2.75, 3.05) is 57.4 Å². The van der Waals surface area contributed by atoms with E-state index in [1.54, 1.807) is 11.3 Å². The summed E-state index contributed by atoms with van der Waals surface area (Å²) in [6.45, 7) is 9.77. The van der Waals surface area contributed by atoms with E-state index in [0.29, 0.717) is 12.2 Å². The van der Waals surface area contributed by atoms with Gasteiger partial charge in [0.15, 0.2) is 11.1 Å². The zero-order chi connectivity index (χ0) is 20.6. The average Bonchev–Trinajstić information content (AvgIpc) is 3.55. The number of aromatic nitrogens is 1. The summed E-state index contributed by atoms with van der Waals surface area (Å²) in [6.07, 6.45) is 8.60. The van der Waals surface area contributed by atoms with Crippen LogP contribution < -0.4 is 10.2 Å². The first kappa shape index (κ1) is 21.8. The van der Waals surface area contributed by atoms with Crippen molar-refractivity contribution in [3.63, 3.8) is 0 Å². The summed E-state index contributed by atoms with van der Waals surface area (Å²) < 4.78 is 11.8. The third-order valence-electron chi connectivity index (χ3n) is 6.16. The monoisotopic (exact) mass is 435 g/mol. The number of rotatable bonds is 8. The van der Waals surface area contributed by atoms with Gasteiger partial charge in [-0.2, -0.15) is 0 Å². The fourth-order valence-electron chi connectivity index (χ4n) is 4.42. The van der Waals surface area contributed by atoms with Gasteiger partial charge in [-0.25, -0.2) is 4.98 Å². The van der Waals surface area contributed by atoms with Crippen LogP contribution in [0.1, 0.15) is 51.1 Å². The zero-order valence-corrected chi connectivity index (χ0v) is 19.2. The molecule has 7 nitrogen and oxygen atoms in total. The summed E-state index contributed by atoms with van der Waals surface area (Å²) in [5, 5.41) is 6.85. The lowest BCUT2D eigenvalue weighted by atomic mass is 10.1. The summed E-state index contributed by atoms with van der Waals surface area (Å²) >= 11 is 1.78. The molecule has 168 valence electrons. The van der Waals surface area contributed by atoms with Crippen LogP contribution in [0, 0.1) is 0 Å². The fraction of sp³-hybridized carbons (Fsp3) is 0.818. The molecule has 0 bridgehead atoms. The van der Waals surface area contributed by atoms with Gasteiger partial charge in [0.1, 0.15) is 0 Å². The number of ether oxygens (including phenoxy) is 2. The predicted octanol–water partition coefficient (Wildman–Crippen LogP) is 2.91. The highest BCUT2D eigenvalue weighted by Crippen LogP contribution is 2.24. The Bertz CT molecular complexity index is 662. The van der Waals surface area contributed by atoms with Crippen molar-refractivity contribution in [3.8, 4) is 0 Å². The molecule has 4 heterocycles. The van der Waals surface area contributed by atoms with E-state index in [4.69, 9.17) is 19.5 Å². The van der Waals surface area contributed by atoms with Gasteiger partial charge in [0.05, 0.1) is 24.5 Å². The molecule has 3 saturated heterocycles. The molecule has 3 aliphatic heterocycles. The fourth-order valence-corrected chi connectivity index (χ4v) is 5.33. The van der Waals surface area contributed by atoms with Crippen LogP contribution in [-0.2, 0) is 15.9 Å². The standard InChI is InChI=1S/C22H37N5O2S/c1-2-23-21(24-10-7-18-17-30-22(25-18)27-11-3-4-12-27)26-13-8-19(9-14-26)29-16-20-6-5-15-28-20/h17,19-20H,2-16H2,1H3,(H,23,24). The van der Waals surface area contributed by atoms with Gasteiger partial charge in [-0.15, -0.1) is 11.3 Å². The number of guanidine groups is 1. The number of piperidine rings is 1. The number of nitrogens with one attached hydrogen (secondary N) is 1. The van der Waals surface area contributed by atoms with E-state index in [-0.39, 0.29) is 0 Å². The number of hydrogen-bond donors (Lipinski definition) is 1. The molecule has 1 N–H and O–H groups in total. The second-order valence-corrected chi connectivity index (χ2v) is 9.29. The smallest absolute Gasteiger partial charge is 0.193 e. The highest BCUT2D eigenvalue weighted by Gasteiger charge is 2.24. The Hall–Kier alpha value is -1.38. The zero-order valence-electron chi connectivity index (χ0n) is 18.4. The molecule has 1 atom stereocenters. The van der Waals surface area contributed by atoms with Gasteiger partial charge in [-0.05, 0) is 45.4 Å². The van der Waals surface area contributed by atoms with Crippen LogP contribution in [0.25, 0.3) is 0 Å². The van der Waals surface area contributed by atoms with E-state index in [9.17, 15) is 0 Å². The normalized spacial score (nSPS) is 23.5. The molecule has 0 radical (unpaired) electrons. The Morgan fingerprint density at radius 1 is 1.23 bits per heavy atom. The van der Waals surface area contributed by atoms with Gasteiger partial charge in [-0.3, -0.25) is 4.99 Å². The van der Waals surface area contributed by atoms with Crippen molar-refractivity contribution in [2.45, 2.75) is 64.1 Å². The Morgan fingerprint density at radius 3 is 2.80 bits per heavy atom. The summed E-state index contributed by atoms with van der Waals surface area (Å²) in [6, 6.07) is 0. The molecule has 0 aromatic carbocycles. The highest BCUT2D eigenvalue weighted by atomic mass is 32.1. The molecule has 0 aliphatic carbocycles. The third-order valence-corrected chi connectivity index (χ3v) is 7.11. The second-order valence-electron chi connectivity index (χ2n) is 8.46. The maximum atomic E-state index is 6.12. The third kappa shape index (κ3) is 6.08. The summed E-state index contributed by atoms with van der Waals surface area (Å²) in [7, 11) is 0. The topological polar surface area (TPSA) is 62.2 Å². The lowest BCUT2D eigenvalue weighted by Crippen LogP contribution is -2.47. The Kier molecular flexibility index (Phi) is 8.22. The van der Waals surface area contributed by atoms with E-state index in [1.165, 1.54) is 30.1 Å². The van der Waals surface area contributed by atoms with Gasteiger partial charge >= 0.3 is 0 Å². The van der Waals surface area contributed by atoms with E-state index in [2.05, 4.69) is 27.4 Å². The van der Waals surface area contributed by atoms with Gasteiger partial charge in [0.2, 0.25) is 0 Å². The number of nitrogens with zero attached hydrogens (tertiary/aromatic N) is 4. The number of likely N-dealkylation sites (tertiary alicyclic amines) is 1. The van der Waals surface area contributed by atoms with Gasteiger partial charge in [0, 0.05) is 57.7 Å². The van der Waals surface area contributed by atoms with Gasteiger partial charge < -0.3 is 24.6 Å². The molecule has 3 aliphatic rings. The highest BCUT2D eigenvalue weighted by molar-refractivity contribution is 7.13. The van der Waals surface area contributed by atoms with E-state index < -0.39 is 0 Å². The quantitative estimate of drug-likeness (QED) is 0.500. The van der Waals surface area contributed by atoms with Crippen molar-refractivity contribution >= 4 is 22.4 Å². The molecule has 0 saturated carbocycles.